The number of amides is 1. The molecule has 0 aromatic rings. The zero-order chi connectivity index (χ0) is 51.4. The fourth-order valence-corrected chi connectivity index (χ4v) is 9.55. The summed E-state index contributed by atoms with van der Waals surface area (Å²) in [5.74, 6) is -0.0715. The number of nitrogens with one attached hydrogen (secondary N) is 1. The number of carbonyl (C=O) groups is 2. The third-order valence-corrected chi connectivity index (χ3v) is 14.4. The second-order valence-electron chi connectivity index (χ2n) is 21.4. The number of rotatable bonds is 58. The highest BCUT2D eigenvalue weighted by Crippen LogP contribution is 2.18. The standard InChI is InChI=1S/C65H121NO5/c1-3-5-7-9-11-13-15-17-18-19-20-21-22-24-27-30-34-37-41-45-49-53-57-63(68)62(61-67)66-64(69)58-54-50-46-42-38-35-31-28-25-23-26-29-32-36-40-44-48-52-56-60-71-65(70)59-55-51-47-43-39-33-16-14-12-10-8-6-4-2/h8,10,14,16,29,32,36,40,62-63,67-68H,3-7,9,11-13,15,17-28,30-31,33-35,37-39,41-61H2,1-2H3,(H,66,69)/b10-8-,16-14-,32-29-,40-36-. The predicted molar refractivity (Wildman–Crippen MR) is 310 cm³/mol. The van der Waals surface area contributed by atoms with E-state index in [0.717, 1.165) is 83.5 Å². The molecule has 0 aliphatic heterocycles. The molecule has 0 saturated carbocycles. The molecule has 0 saturated heterocycles. The summed E-state index contributed by atoms with van der Waals surface area (Å²) in [5.41, 5.74) is 0. The first-order valence-electron chi connectivity index (χ1n) is 31.4. The van der Waals surface area contributed by atoms with Gasteiger partial charge >= 0.3 is 5.97 Å². The molecule has 0 heterocycles. The molecule has 0 radical (unpaired) electrons. The summed E-state index contributed by atoms with van der Waals surface area (Å²) >= 11 is 0. The van der Waals surface area contributed by atoms with Crippen molar-refractivity contribution in [3.63, 3.8) is 0 Å². The molecule has 2 unspecified atom stereocenters. The molecule has 1 amide bonds. The highest BCUT2D eigenvalue weighted by Gasteiger charge is 2.20. The summed E-state index contributed by atoms with van der Waals surface area (Å²) in [6.07, 6.45) is 76.9. The van der Waals surface area contributed by atoms with Gasteiger partial charge in [0.15, 0.2) is 0 Å². The molecule has 416 valence electrons. The number of unbranched alkanes of at least 4 members (excludes halogenated alkanes) is 40. The van der Waals surface area contributed by atoms with E-state index in [-0.39, 0.29) is 18.5 Å². The van der Waals surface area contributed by atoms with Gasteiger partial charge in [-0.2, -0.15) is 0 Å². The fraction of sp³-hybridized carbons (Fsp3) is 0.846. The van der Waals surface area contributed by atoms with Crippen LogP contribution in [0.3, 0.4) is 0 Å². The lowest BCUT2D eigenvalue weighted by atomic mass is 10.0. The summed E-state index contributed by atoms with van der Waals surface area (Å²) < 4.78 is 5.44. The zero-order valence-corrected chi connectivity index (χ0v) is 47.5. The lowest BCUT2D eigenvalue weighted by Crippen LogP contribution is -2.45. The average molecular weight is 997 g/mol. The molecule has 0 rings (SSSR count). The first-order valence-corrected chi connectivity index (χ1v) is 31.4. The summed E-state index contributed by atoms with van der Waals surface area (Å²) in [6, 6.07) is -0.551. The van der Waals surface area contributed by atoms with Gasteiger partial charge in [-0.15, -0.1) is 0 Å². The second-order valence-corrected chi connectivity index (χ2v) is 21.4. The fourth-order valence-electron chi connectivity index (χ4n) is 9.55. The number of carbonyl (C=O) groups excluding carboxylic acids is 2. The predicted octanol–water partition coefficient (Wildman–Crippen LogP) is 19.7. The van der Waals surface area contributed by atoms with Crippen molar-refractivity contribution in [1.29, 1.82) is 0 Å². The topological polar surface area (TPSA) is 95.9 Å². The van der Waals surface area contributed by atoms with E-state index in [4.69, 9.17) is 4.74 Å². The Labute approximate surface area is 442 Å². The van der Waals surface area contributed by atoms with E-state index in [2.05, 4.69) is 67.8 Å². The minimum Gasteiger partial charge on any atom is -0.466 e. The monoisotopic (exact) mass is 996 g/mol. The first kappa shape index (κ1) is 68.8. The van der Waals surface area contributed by atoms with E-state index in [1.54, 1.807) is 0 Å². The van der Waals surface area contributed by atoms with Crippen LogP contribution in [0.5, 0.6) is 0 Å². The third-order valence-electron chi connectivity index (χ3n) is 14.4. The zero-order valence-electron chi connectivity index (χ0n) is 47.5. The van der Waals surface area contributed by atoms with Gasteiger partial charge in [0.05, 0.1) is 25.4 Å². The summed E-state index contributed by atoms with van der Waals surface area (Å²) in [7, 11) is 0. The smallest absolute Gasteiger partial charge is 0.305 e. The first-order chi connectivity index (χ1) is 35.0. The Morgan fingerprint density at radius 3 is 1.21 bits per heavy atom. The van der Waals surface area contributed by atoms with Crippen LogP contribution in [0.1, 0.15) is 328 Å². The highest BCUT2D eigenvalue weighted by molar-refractivity contribution is 5.76. The largest absolute Gasteiger partial charge is 0.466 e. The van der Waals surface area contributed by atoms with Crippen LogP contribution in [-0.2, 0) is 14.3 Å². The molecule has 0 aromatic heterocycles. The molecule has 2 atom stereocenters. The number of hydrogen-bond donors (Lipinski definition) is 3. The molecular formula is C65H121NO5. The number of ether oxygens (including phenoxy) is 1. The van der Waals surface area contributed by atoms with Gasteiger partial charge in [-0.25, -0.2) is 0 Å². The summed E-state index contributed by atoms with van der Waals surface area (Å²) in [5, 5.41) is 23.4. The molecule has 71 heavy (non-hydrogen) atoms. The second kappa shape index (κ2) is 60.4. The minimum absolute atomic E-state index is 0.0287. The number of aliphatic hydroxyl groups excluding tert-OH is 2. The van der Waals surface area contributed by atoms with Crippen molar-refractivity contribution in [3.8, 4) is 0 Å². The van der Waals surface area contributed by atoms with Gasteiger partial charge in [0.2, 0.25) is 5.91 Å². The van der Waals surface area contributed by atoms with Crippen molar-refractivity contribution in [1.82, 2.24) is 5.32 Å². The number of allylic oxidation sites excluding steroid dienone is 8. The third kappa shape index (κ3) is 57.0. The SMILES string of the molecule is CCC/C=C\C/C=C\CCCCCCCC(=O)OCCCCC/C=C\C=C/CCCCCCCCCCCCC(=O)NC(CO)C(O)CCCCCCCCCCCCCCCCCCCCCCCC. The molecule has 0 fully saturated rings. The van der Waals surface area contributed by atoms with Crippen molar-refractivity contribution in [3.05, 3.63) is 48.6 Å². The van der Waals surface area contributed by atoms with Crippen molar-refractivity contribution >= 4 is 11.9 Å². The van der Waals surface area contributed by atoms with E-state index in [1.165, 1.54) is 212 Å². The molecule has 3 N–H and O–H groups in total. The maximum atomic E-state index is 12.5. The van der Waals surface area contributed by atoms with E-state index in [9.17, 15) is 19.8 Å². The maximum absolute atomic E-state index is 12.5. The van der Waals surface area contributed by atoms with Gasteiger partial charge in [0.25, 0.3) is 0 Å². The molecule has 0 aliphatic carbocycles. The number of hydrogen-bond acceptors (Lipinski definition) is 5. The van der Waals surface area contributed by atoms with Gasteiger partial charge in [-0.1, -0.05) is 281 Å². The van der Waals surface area contributed by atoms with Crippen molar-refractivity contribution < 1.29 is 24.5 Å². The Balaban J connectivity index is 3.48. The van der Waals surface area contributed by atoms with Gasteiger partial charge < -0.3 is 20.3 Å². The highest BCUT2D eigenvalue weighted by atomic mass is 16.5. The van der Waals surface area contributed by atoms with Gasteiger partial charge in [0.1, 0.15) is 0 Å². The van der Waals surface area contributed by atoms with Crippen molar-refractivity contribution in [2.24, 2.45) is 0 Å². The Morgan fingerprint density at radius 1 is 0.408 bits per heavy atom. The van der Waals surface area contributed by atoms with Crippen LogP contribution in [0.25, 0.3) is 0 Å². The van der Waals surface area contributed by atoms with Crippen molar-refractivity contribution in [2.75, 3.05) is 13.2 Å². The summed E-state index contributed by atoms with van der Waals surface area (Å²) in [4.78, 5) is 24.5. The Bertz CT molecular complexity index is 1190. The Kier molecular flexibility index (Phi) is 58.5. The Morgan fingerprint density at radius 2 is 0.775 bits per heavy atom. The van der Waals surface area contributed by atoms with Crippen LogP contribution in [0.15, 0.2) is 48.6 Å². The molecular weight excluding hydrogens is 875 g/mol. The minimum atomic E-state index is -0.673. The maximum Gasteiger partial charge on any atom is 0.305 e. The number of esters is 1. The molecule has 0 aromatic carbocycles. The lowest BCUT2D eigenvalue weighted by Gasteiger charge is -2.22. The molecule has 6 nitrogen and oxygen atoms in total. The van der Waals surface area contributed by atoms with Gasteiger partial charge in [-0.05, 0) is 83.5 Å². The lowest BCUT2D eigenvalue weighted by molar-refractivity contribution is -0.143. The average Bonchev–Trinajstić information content (AvgIpc) is 3.37. The molecule has 6 heteroatoms. The number of aliphatic hydroxyl groups is 2. The van der Waals surface area contributed by atoms with Gasteiger partial charge in [0, 0.05) is 12.8 Å². The van der Waals surface area contributed by atoms with Crippen LogP contribution in [0.4, 0.5) is 0 Å². The van der Waals surface area contributed by atoms with E-state index < -0.39 is 12.1 Å². The normalized spacial score (nSPS) is 12.9. The van der Waals surface area contributed by atoms with Crippen LogP contribution < -0.4 is 5.32 Å². The van der Waals surface area contributed by atoms with Crippen LogP contribution >= 0.6 is 0 Å². The van der Waals surface area contributed by atoms with Crippen LogP contribution in [0.2, 0.25) is 0 Å². The van der Waals surface area contributed by atoms with E-state index in [0.29, 0.717) is 25.9 Å². The van der Waals surface area contributed by atoms with E-state index >= 15 is 0 Å². The quantitative estimate of drug-likeness (QED) is 0.0244. The van der Waals surface area contributed by atoms with Crippen LogP contribution in [-0.4, -0.2) is 47.4 Å². The molecule has 0 aliphatic rings. The molecule has 0 bridgehead atoms. The van der Waals surface area contributed by atoms with Crippen LogP contribution in [0, 0.1) is 0 Å². The van der Waals surface area contributed by atoms with Crippen molar-refractivity contribution in [2.45, 2.75) is 341 Å². The van der Waals surface area contributed by atoms with Gasteiger partial charge in [-0.3, -0.25) is 9.59 Å². The van der Waals surface area contributed by atoms with E-state index in [1.807, 2.05) is 0 Å². The summed E-state index contributed by atoms with van der Waals surface area (Å²) in [6.45, 7) is 4.86. The Hall–Kier alpha value is -2.18. The molecule has 0 spiro atoms.